The number of nitrogens with one attached hydrogen (secondary N) is 2. The Hall–Kier alpha value is -2.90. The molecule has 1 saturated heterocycles. The number of hydrogen-bond acceptors (Lipinski definition) is 5. The van der Waals surface area contributed by atoms with Crippen molar-refractivity contribution in [3.05, 3.63) is 76.0 Å². The van der Waals surface area contributed by atoms with Crippen molar-refractivity contribution in [1.82, 2.24) is 25.2 Å². The molecule has 7 nitrogen and oxygen atoms in total. The molecule has 0 unspecified atom stereocenters. The molecule has 0 radical (unpaired) electrons. The van der Waals surface area contributed by atoms with Crippen molar-refractivity contribution >= 4 is 0 Å². The first-order valence-electron chi connectivity index (χ1n) is 9.52. The van der Waals surface area contributed by atoms with E-state index in [1.165, 1.54) is 10.2 Å². The molecule has 3 aromatic rings. The fraction of sp³-hybridized carbons (Fsp3) is 0.333. The molecule has 0 spiro atoms. The van der Waals surface area contributed by atoms with E-state index < -0.39 is 0 Å². The van der Waals surface area contributed by atoms with Crippen LogP contribution in [0.5, 0.6) is 5.75 Å². The summed E-state index contributed by atoms with van der Waals surface area (Å²) in [6.07, 6.45) is 0.789. The zero-order valence-corrected chi connectivity index (χ0v) is 16.2. The predicted molar refractivity (Wildman–Crippen MR) is 108 cm³/mol. The molecule has 2 N–H and O–H groups in total. The van der Waals surface area contributed by atoms with Gasteiger partial charge in [-0.15, -0.1) is 0 Å². The Morgan fingerprint density at radius 3 is 2.61 bits per heavy atom. The predicted octanol–water partition coefficient (Wildman–Crippen LogP) is 1.79. The number of hydrogen-bond donors (Lipinski definition) is 2. The summed E-state index contributed by atoms with van der Waals surface area (Å²) in [4.78, 5) is 13.0. The van der Waals surface area contributed by atoms with Crippen LogP contribution < -0.4 is 21.3 Å². The van der Waals surface area contributed by atoms with E-state index >= 15 is 0 Å². The first kappa shape index (κ1) is 18.5. The van der Waals surface area contributed by atoms with Crippen LogP contribution in [0.4, 0.5) is 0 Å². The van der Waals surface area contributed by atoms with E-state index in [9.17, 15) is 4.79 Å². The lowest BCUT2D eigenvalue weighted by Gasteiger charge is -2.14. The minimum Gasteiger partial charge on any atom is -0.496 e. The van der Waals surface area contributed by atoms with Gasteiger partial charge in [-0.3, -0.25) is 15.4 Å². The lowest BCUT2D eigenvalue weighted by Crippen LogP contribution is -2.25. The maximum atomic E-state index is 13.0. The van der Waals surface area contributed by atoms with E-state index in [1.54, 1.807) is 11.7 Å². The molecule has 2 aromatic carbocycles. The molecule has 4 rings (SSSR count). The average molecular weight is 379 g/mol. The minimum absolute atomic E-state index is 0.132. The van der Waals surface area contributed by atoms with Gasteiger partial charge in [0.25, 0.3) is 0 Å². The first-order chi connectivity index (χ1) is 13.7. The van der Waals surface area contributed by atoms with Gasteiger partial charge in [0.05, 0.1) is 12.8 Å². The van der Waals surface area contributed by atoms with E-state index in [2.05, 4.69) is 28.1 Å². The van der Waals surface area contributed by atoms with Gasteiger partial charge in [0, 0.05) is 31.6 Å². The van der Waals surface area contributed by atoms with Crippen molar-refractivity contribution in [3.63, 3.8) is 0 Å². The second-order valence-corrected chi connectivity index (χ2v) is 7.01. The summed E-state index contributed by atoms with van der Waals surface area (Å²) in [6, 6.07) is 16.0. The number of methoxy groups -OCH3 is 1. The molecule has 0 amide bonds. The molecule has 0 aliphatic carbocycles. The number of ether oxygens (including phenoxy) is 1. The quantitative estimate of drug-likeness (QED) is 0.683. The zero-order chi connectivity index (χ0) is 19.5. The van der Waals surface area contributed by atoms with E-state index in [-0.39, 0.29) is 5.69 Å². The molecule has 2 heterocycles. The van der Waals surface area contributed by atoms with Crippen molar-refractivity contribution in [2.24, 2.45) is 0 Å². The lowest BCUT2D eigenvalue weighted by molar-refractivity contribution is 0.406. The molecule has 1 fully saturated rings. The highest BCUT2D eigenvalue weighted by atomic mass is 16.5. The lowest BCUT2D eigenvalue weighted by atomic mass is 9.99. The van der Waals surface area contributed by atoms with Crippen LogP contribution in [0.3, 0.4) is 0 Å². The van der Waals surface area contributed by atoms with Crippen LogP contribution in [-0.4, -0.2) is 34.5 Å². The topological polar surface area (TPSA) is 73.1 Å². The Morgan fingerprint density at radius 2 is 1.89 bits per heavy atom. The van der Waals surface area contributed by atoms with Crippen LogP contribution in [0, 0.1) is 6.92 Å². The third-order valence-electron chi connectivity index (χ3n) is 5.24. The Kier molecular flexibility index (Phi) is 5.27. The van der Waals surface area contributed by atoms with Gasteiger partial charge < -0.3 is 4.74 Å². The molecule has 0 saturated carbocycles. The third-order valence-corrected chi connectivity index (χ3v) is 5.24. The number of rotatable bonds is 6. The fourth-order valence-corrected chi connectivity index (χ4v) is 3.66. The van der Waals surface area contributed by atoms with Gasteiger partial charge in [-0.2, -0.15) is 9.78 Å². The summed E-state index contributed by atoms with van der Waals surface area (Å²) in [5.74, 6) is 1.82. The largest absolute Gasteiger partial charge is 0.496 e. The smallest absolute Gasteiger partial charge is 0.350 e. The number of nitrogens with zero attached hydrogens (tertiary/aromatic N) is 3. The summed E-state index contributed by atoms with van der Waals surface area (Å²) in [5, 5.41) is 4.48. The maximum Gasteiger partial charge on any atom is 0.350 e. The first-order valence-corrected chi connectivity index (χ1v) is 9.52. The van der Waals surface area contributed by atoms with Crippen LogP contribution in [0.25, 0.3) is 5.69 Å². The summed E-state index contributed by atoms with van der Waals surface area (Å²) in [5.41, 5.74) is 9.18. The van der Waals surface area contributed by atoms with Gasteiger partial charge in [-0.25, -0.2) is 4.79 Å². The van der Waals surface area contributed by atoms with Crippen LogP contribution in [0.1, 0.15) is 22.9 Å². The van der Waals surface area contributed by atoms with Gasteiger partial charge in [-0.05, 0) is 30.5 Å². The summed E-state index contributed by atoms with van der Waals surface area (Å²) in [7, 11) is 1.66. The number of benzene rings is 2. The summed E-state index contributed by atoms with van der Waals surface area (Å²) < 4.78 is 8.77. The second kappa shape index (κ2) is 8.00. The Morgan fingerprint density at radius 1 is 1.14 bits per heavy atom. The van der Waals surface area contributed by atoms with Crippen molar-refractivity contribution in [1.29, 1.82) is 0 Å². The Balaban J connectivity index is 1.61. The highest BCUT2D eigenvalue weighted by molar-refractivity contribution is 5.46. The van der Waals surface area contributed by atoms with E-state index in [1.807, 2.05) is 43.3 Å². The maximum absolute atomic E-state index is 13.0. The van der Waals surface area contributed by atoms with E-state index in [0.29, 0.717) is 24.0 Å². The van der Waals surface area contributed by atoms with Gasteiger partial charge >= 0.3 is 5.69 Å². The van der Waals surface area contributed by atoms with Gasteiger partial charge in [0.1, 0.15) is 11.6 Å². The second-order valence-electron chi connectivity index (χ2n) is 7.01. The van der Waals surface area contributed by atoms with Gasteiger partial charge in [-0.1, -0.05) is 36.4 Å². The van der Waals surface area contributed by atoms with Gasteiger partial charge in [0.2, 0.25) is 0 Å². The zero-order valence-electron chi connectivity index (χ0n) is 16.2. The third kappa shape index (κ3) is 3.58. The molecular weight excluding hydrogens is 354 g/mol. The minimum atomic E-state index is -0.132. The highest BCUT2D eigenvalue weighted by Gasteiger charge is 2.21. The standard InChI is InChI=1S/C21H25N5O2/c1-15-24-26(21(27)25(15)11-10-16-6-4-3-5-7-16)18-8-9-19(20(12-18)28-2)17-13-22-23-14-17/h3-9,12,17,22-23H,10-11,13-14H2,1-2H3. The monoisotopic (exact) mass is 379 g/mol. The highest BCUT2D eigenvalue weighted by Crippen LogP contribution is 2.29. The number of aromatic nitrogens is 3. The van der Waals surface area contributed by atoms with E-state index in [0.717, 1.165) is 30.8 Å². The molecule has 0 atom stereocenters. The molecular formula is C21H25N5O2. The normalized spacial score (nSPS) is 14.5. The Bertz CT molecular complexity index is 1000. The number of aryl methyl sites for hydroxylation is 2. The molecule has 7 heteroatoms. The average Bonchev–Trinajstić information content (AvgIpc) is 3.35. The molecule has 1 aromatic heterocycles. The van der Waals surface area contributed by atoms with Crippen molar-refractivity contribution in [3.8, 4) is 11.4 Å². The fourth-order valence-electron chi connectivity index (χ4n) is 3.66. The van der Waals surface area contributed by atoms with Crippen molar-refractivity contribution < 1.29 is 4.74 Å². The molecule has 28 heavy (non-hydrogen) atoms. The van der Waals surface area contributed by atoms with Crippen molar-refractivity contribution in [2.75, 3.05) is 20.2 Å². The molecule has 1 aliphatic heterocycles. The summed E-state index contributed by atoms with van der Waals surface area (Å²) in [6.45, 7) is 4.17. The van der Waals surface area contributed by atoms with Gasteiger partial charge in [0.15, 0.2) is 0 Å². The molecule has 1 aliphatic rings. The Labute approximate surface area is 163 Å². The number of hydrazine groups is 1. The summed E-state index contributed by atoms with van der Waals surface area (Å²) >= 11 is 0. The molecule has 146 valence electrons. The van der Waals surface area contributed by atoms with Crippen LogP contribution >= 0.6 is 0 Å². The SMILES string of the molecule is COc1cc(-n2nc(C)n(CCc3ccccc3)c2=O)ccc1C1CNNC1. The van der Waals surface area contributed by atoms with Crippen molar-refractivity contribution in [2.45, 2.75) is 25.8 Å². The van der Waals surface area contributed by atoms with E-state index in [4.69, 9.17) is 4.74 Å². The van der Waals surface area contributed by atoms with Crippen LogP contribution in [0.2, 0.25) is 0 Å². The van der Waals surface area contributed by atoms with Crippen LogP contribution in [0.15, 0.2) is 53.3 Å². The van der Waals surface area contributed by atoms with Crippen LogP contribution in [-0.2, 0) is 13.0 Å². The molecule has 0 bridgehead atoms.